The minimum Gasteiger partial charge on any atom is -0.508 e. The molecule has 0 spiro atoms. The van der Waals surface area contributed by atoms with Gasteiger partial charge in [0.05, 0.1) is 0 Å². The van der Waals surface area contributed by atoms with Crippen molar-refractivity contribution in [2.24, 2.45) is 0 Å². The lowest BCUT2D eigenvalue weighted by atomic mass is 10.1. The number of phenolic OH excluding ortho intramolecular Hbond substituents is 1. The number of sulfonamides is 1. The van der Waals surface area contributed by atoms with Gasteiger partial charge in [0, 0.05) is 12.7 Å². The second-order valence-electron chi connectivity index (χ2n) is 4.28. The molecule has 0 amide bonds. The molecule has 2 rings (SSSR count). The van der Waals surface area contributed by atoms with Gasteiger partial charge in [-0.15, -0.1) is 0 Å². The normalized spacial score (nSPS) is 11.0. The maximum absolute atomic E-state index is 12.1. The summed E-state index contributed by atoms with van der Waals surface area (Å²) in [5.74, 6) is 0.161. The lowest BCUT2D eigenvalue weighted by Crippen LogP contribution is -2.26. The van der Waals surface area contributed by atoms with Gasteiger partial charge in [-0.2, -0.15) is 5.26 Å². The van der Waals surface area contributed by atoms with Gasteiger partial charge in [-0.25, -0.2) is 18.1 Å². The minimum absolute atomic E-state index is 0.127. The fraction of sp³-hybridized carbons (Fsp3) is 0.143. The van der Waals surface area contributed by atoms with Crippen LogP contribution in [0.1, 0.15) is 11.3 Å². The number of nitrogens with one attached hydrogen (secondary N) is 1. The molecular formula is C14H13N3O3S. The van der Waals surface area contributed by atoms with Crippen LogP contribution in [0.25, 0.3) is 0 Å². The summed E-state index contributed by atoms with van der Waals surface area (Å²) in [6.07, 6.45) is 1.84. The molecule has 0 aliphatic heterocycles. The lowest BCUT2D eigenvalue weighted by Gasteiger charge is -2.07. The summed E-state index contributed by atoms with van der Waals surface area (Å²) in [6, 6.07) is 11.1. The third-order valence-corrected chi connectivity index (χ3v) is 4.30. The van der Waals surface area contributed by atoms with Gasteiger partial charge in [-0.3, -0.25) is 0 Å². The molecule has 1 aromatic carbocycles. The predicted octanol–water partition coefficient (Wildman–Crippen LogP) is 1.18. The Bertz CT molecular complexity index is 765. The summed E-state index contributed by atoms with van der Waals surface area (Å²) in [4.78, 5) is 3.60. The maximum atomic E-state index is 12.1. The van der Waals surface area contributed by atoms with E-state index in [-0.39, 0.29) is 22.9 Å². The highest BCUT2D eigenvalue weighted by molar-refractivity contribution is 7.89. The van der Waals surface area contributed by atoms with Crippen LogP contribution in [0.3, 0.4) is 0 Å². The van der Waals surface area contributed by atoms with Gasteiger partial charge in [0.15, 0.2) is 5.69 Å². The quantitative estimate of drug-likeness (QED) is 0.863. The van der Waals surface area contributed by atoms with Crippen molar-refractivity contribution in [2.45, 2.75) is 11.3 Å². The Labute approximate surface area is 122 Å². The summed E-state index contributed by atoms with van der Waals surface area (Å²) in [5, 5.41) is 18.1. The van der Waals surface area contributed by atoms with E-state index in [2.05, 4.69) is 9.71 Å². The Morgan fingerprint density at radius 3 is 2.62 bits per heavy atom. The van der Waals surface area contributed by atoms with Crippen LogP contribution in [-0.4, -0.2) is 25.1 Å². The van der Waals surface area contributed by atoms with Crippen LogP contribution in [0.4, 0.5) is 0 Å². The molecule has 21 heavy (non-hydrogen) atoms. The molecule has 0 bridgehead atoms. The Morgan fingerprint density at radius 2 is 1.95 bits per heavy atom. The molecule has 7 heteroatoms. The maximum Gasteiger partial charge on any atom is 0.243 e. The summed E-state index contributed by atoms with van der Waals surface area (Å²) in [6.45, 7) is 0.187. The highest BCUT2D eigenvalue weighted by atomic mass is 32.2. The van der Waals surface area contributed by atoms with Gasteiger partial charge in [0.1, 0.15) is 16.7 Å². The van der Waals surface area contributed by atoms with Crippen molar-refractivity contribution in [3.63, 3.8) is 0 Å². The molecule has 0 unspecified atom stereocenters. The second kappa shape index (κ2) is 6.35. The first-order valence-electron chi connectivity index (χ1n) is 6.15. The van der Waals surface area contributed by atoms with Gasteiger partial charge >= 0.3 is 0 Å². The van der Waals surface area contributed by atoms with Crippen molar-refractivity contribution in [1.82, 2.24) is 9.71 Å². The standard InChI is InChI=1S/C14H13N3O3S/c15-10-13-14(2-1-8-16-13)21(19,20)17-9-7-11-3-5-12(18)6-4-11/h1-6,8,17-18H,7,9H2. The number of nitriles is 1. The fourth-order valence-electron chi connectivity index (χ4n) is 1.76. The topological polar surface area (TPSA) is 103 Å². The highest BCUT2D eigenvalue weighted by Gasteiger charge is 2.18. The van der Waals surface area contributed by atoms with Crippen LogP contribution in [-0.2, 0) is 16.4 Å². The molecule has 0 radical (unpaired) electrons. The number of rotatable bonds is 5. The number of aromatic nitrogens is 1. The summed E-state index contributed by atoms with van der Waals surface area (Å²) < 4.78 is 26.7. The molecular weight excluding hydrogens is 290 g/mol. The van der Waals surface area contributed by atoms with E-state index in [1.165, 1.54) is 18.3 Å². The van der Waals surface area contributed by atoms with Crippen molar-refractivity contribution in [2.75, 3.05) is 6.54 Å². The molecule has 2 aromatic rings. The molecule has 0 fully saturated rings. The van der Waals surface area contributed by atoms with E-state index in [9.17, 15) is 8.42 Å². The van der Waals surface area contributed by atoms with E-state index >= 15 is 0 Å². The molecule has 2 N–H and O–H groups in total. The molecule has 1 heterocycles. The van der Waals surface area contributed by atoms with E-state index < -0.39 is 10.0 Å². The van der Waals surface area contributed by atoms with Crippen LogP contribution in [0, 0.1) is 11.3 Å². The summed E-state index contributed by atoms with van der Waals surface area (Å²) in [5.41, 5.74) is 0.761. The fourth-order valence-corrected chi connectivity index (χ4v) is 2.90. The zero-order valence-electron chi connectivity index (χ0n) is 11.0. The van der Waals surface area contributed by atoms with Crippen molar-refractivity contribution in [3.05, 3.63) is 53.9 Å². The molecule has 0 atom stereocenters. The molecule has 0 saturated heterocycles. The molecule has 108 valence electrons. The number of hydrogen-bond donors (Lipinski definition) is 2. The van der Waals surface area contributed by atoms with Gasteiger partial charge in [0.2, 0.25) is 10.0 Å². The summed E-state index contributed by atoms with van der Waals surface area (Å²) >= 11 is 0. The van der Waals surface area contributed by atoms with Crippen molar-refractivity contribution >= 4 is 10.0 Å². The first-order chi connectivity index (χ1) is 10.0. The number of pyridine rings is 1. The minimum atomic E-state index is -3.77. The number of aromatic hydroxyl groups is 1. The first kappa shape index (κ1) is 15.0. The van der Waals surface area contributed by atoms with E-state index in [4.69, 9.17) is 10.4 Å². The van der Waals surface area contributed by atoms with Gasteiger partial charge in [-0.1, -0.05) is 12.1 Å². The van der Waals surface area contributed by atoms with Crippen molar-refractivity contribution in [1.29, 1.82) is 5.26 Å². The molecule has 1 aromatic heterocycles. The van der Waals surface area contributed by atoms with Crippen LogP contribution in [0.15, 0.2) is 47.5 Å². The lowest BCUT2D eigenvalue weighted by molar-refractivity contribution is 0.475. The SMILES string of the molecule is N#Cc1ncccc1S(=O)(=O)NCCc1ccc(O)cc1. The molecule has 0 aliphatic carbocycles. The second-order valence-corrected chi connectivity index (χ2v) is 6.01. The Balaban J connectivity index is 2.05. The van der Waals surface area contributed by atoms with Gasteiger partial charge in [-0.05, 0) is 36.2 Å². The number of phenols is 1. The van der Waals surface area contributed by atoms with E-state index in [1.807, 2.05) is 0 Å². The smallest absolute Gasteiger partial charge is 0.243 e. The average Bonchev–Trinajstić information content (AvgIpc) is 2.49. The Kier molecular flexibility index (Phi) is 4.52. The van der Waals surface area contributed by atoms with E-state index in [1.54, 1.807) is 30.3 Å². The molecule has 0 saturated carbocycles. The first-order valence-corrected chi connectivity index (χ1v) is 7.64. The monoisotopic (exact) mass is 303 g/mol. The zero-order chi connectivity index (χ0) is 15.3. The Morgan fingerprint density at radius 1 is 1.24 bits per heavy atom. The number of hydrogen-bond acceptors (Lipinski definition) is 5. The van der Waals surface area contributed by atoms with Crippen LogP contribution < -0.4 is 4.72 Å². The number of benzene rings is 1. The van der Waals surface area contributed by atoms with E-state index in [0.717, 1.165) is 5.56 Å². The van der Waals surface area contributed by atoms with Crippen LogP contribution in [0.5, 0.6) is 5.75 Å². The van der Waals surface area contributed by atoms with Crippen LogP contribution in [0.2, 0.25) is 0 Å². The van der Waals surface area contributed by atoms with Gasteiger partial charge < -0.3 is 5.11 Å². The van der Waals surface area contributed by atoms with E-state index in [0.29, 0.717) is 6.42 Å². The highest BCUT2D eigenvalue weighted by Crippen LogP contribution is 2.12. The number of nitrogens with zero attached hydrogens (tertiary/aromatic N) is 2. The van der Waals surface area contributed by atoms with Crippen molar-refractivity contribution < 1.29 is 13.5 Å². The third-order valence-electron chi connectivity index (χ3n) is 2.81. The van der Waals surface area contributed by atoms with Crippen LogP contribution >= 0.6 is 0 Å². The zero-order valence-corrected chi connectivity index (χ0v) is 11.8. The predicted molar refractivity (Wildman–Crippen MR) is 76.0 cm³/mol. The summed E-state index contributed by atoms with van der Waals surface area (Å²) in [7, 11) is -3.77. The average molecular weight is 303 g/mol. The third kappa shape index (κ3) is 3.78. The van der Waals surface area contributed by atoms with Crippen molar-refractivity contribution in [3.8, 4) is 11.8 Å². The Hall–Kier alpha value is -2.43. The molecule has 0 aliphatic rings. The largest absolute Gasteiger partial charge is 0.508 e. The molecule has 6 nitrogen and oxygen atoms in total. The van der Waals surface area contributed by atoms with Gasteiger partial charge in [0.25, 0.3) is 0 Å².